The summed E-state index contributed by atoms with van der Waals surface area (Å²) in [6.45, 7) is 6.01. The summed E-state index contributed by atoms with van der Waals surface area (Å²) in [5.74, 6) is 0.861. The van der Waals surface area contributed by atoms with Gasteiger partial charge in [0, 0.05) is 17.6 Å². The zero-order valence-corrected chi connectivity index (χ0v) is 16.2. The number of anilines is 1. The summed E-state index contributed by atoms with van der Waals surface area (Å²) >= 11 is 0. The molecule has 1 N–H and O–H groups in total. The summed E-state index contributed by atoms with van der Waals surface area (Å²) in [6, 6.07) is 17.8. The van der Waals surface area contributed by atoms with Crippen LogP contribution in [0.3, 0.4) is 0 Å². The quantitative estimate of drug-likeness (QED) is 0.574. The number of fused-ring (bicyclic) bond motifs is 1. The lowest BCUT2D eigenvalue weighted by Crippen LogP contribution is -2.15. The van der Waals surface area contributed by atoms with Crippen LogP contribution >= 0.6 is 0 Å². The van der Waals surface area contributed by atoms with Crippen molar-refractivity contribution in [3.8, 4) is 5.69 Å². The van der Waals surface area contributed by atoms with Gasteiger partial charge in [-0.15, -0.1) is 0 Å². The van der Waals surface area contributed by atoms with Crippen molar-refractivity contribution in [3.63, 3.8) is 0 Å². The normalized spacial score (nSPS) is 11.0. The first-order valence-corrected chi connectivity index (χ1v) is 9.28. The molecule has 0 aliphatic rings. The van der Waals surface area contributed by atoms with E-state index >= 15 is 0 Å². The van der Waals surface area contributed by atoms with Gasteiger partial charge >= 0.3 is 0 Å². The Morgan fingerprint density at radius 3 is 2.57 bits per heavy atom. The average Bonchev–Trinajstić information content (AvgIpc) is 3.00. The zero-order valence-electron chi connectivity index (χ0n) is 16.2. The molecule has 0 aliphatic heterocycles. The van der Waals surface area contributed by atoms with Crippen LogP contribution in [0.1, 0.15) is 22.5 Å². The minimum atomic E-state index is -0.0226. The van der Waals surface area contributed by atoms with Gasteiger partial charge in [-0.3, -0.25) is 9.36 Å². The summed E-state index contributed by atoms with van der Waals surface area (Å²) in [5, 5.41) is 3.00. The van der Waals surface area contributed by atoms with E-state index in [0.717, 1.165) is 39.5 Å². The van der Waals surface area contributed by atoms with E-state index < -0.39 is 0 Å². The molecule has 5 nitrogen and oxygen atoms in total. The van der Waals surface area contributed by atoms with Gasteiger partial charge in [0.15, 0.2) is 5.65 Å². The van der Waals surface area contributed by atoms with Crippen molar-refractivity contribution in [2.75, 3.05) is 5.32 Å². The van der Waals surface area contributed by atoms with Crippen LogP contribution in [-0.2, 0) is 11.2 Å². The third-order valence-electron chi connectivity index (χ3n) is 4.80. The Morgan fingerprint density at radius 1 is 1.04 bits per heavy atom. The van der Waals surface area contributed by atoms with E-state index in [1.165, 1.54) is 5.56 Å². The number of pyridine rings is 1. The average molecular weight is 370 g/mol. The molecule has 0 unspecified atom stereocenters. The third-order valence-corrected chi connectivity index (χ3v) is 4.80. The summed E-state index contributed by atoms with van der Waals surface area (Å²) in [7, 11) is 0. The van der Waals surface area contributed by atoms with Gasteiger partial charge in [0.1, 0.15) is 11.3 Å². The van der Waals surface area contributed by atoms with Gasteiger partial charge in [0.2, 0.25) is 5.91 Å². The number of rotatable bonds is 4. The predicted octanol–water partition coefficient (Wildman–Crippen LogP) is 4.53. The number of nitrogens with zero attached hydrogens (tertiary/aromatic N) is 3. The van der Waals surface area contributed by atoms with Crippen LogP contribution < -0.4 is 5.32 Å². The Morgan fingerprint density at radius 2 is 1.82 bits per heavy atom. The molecule has 2 aromatic carbocycles. The summed E-state index contributed by atoms with van der Waals surface area (Å²) in [4.78, 5) is 21.4. The van der Waals surface area contributed by atoms with Crippen LogP contribution in [0.4, 0.5) is 5.69 Å². The van der Waals surface area contributed by atoms with Crippen molar-refractivity contribution in [2.24, 2.45) is 0 Å². The number of aryl methyl sites for hydroxylation is 3. The molecule has 4 rings (SSSR count). The molecular weight excluding hydrogens is 348 g/mol. The lowest BCUT2D eigenvalue weighted by atomic mass is 10.1. The maximum atomic E-state index is 12.4. The largest absolute Gasteiger partial charge is 0.326 e. The highest BCUT2D eigenvalue weighted by atomic mass is 16.1. The van der Waals surface area contributed by atoms with Gasteiger partial charge in [-0.2, -0.15) is 0 Å². The van der Waals surface area contributed by atoms with Crippen LogP contribution in [0, 0.1) is 20.8 Å². The molecule has 0 radical (unpaired) electrons. The summed E-state index contributed by atoms with van der Waals surface area (Å²) in [5.41, 5.74) is 6.76. The number of nitrogens with one attached hydrogen (secondary N) is 1. The highest BCUT2D eigenvalue weighted by Crippen LogP contribution is 2.20. The van der Waals surface area contributed by atoms with Gasteiger partial charge in [0.25, 0.3) is 0 Å². The number of hydrogen-bond donors (Lipinski definition) is 1. The first kappa shape index (κ1) is 17.9. The monoisotopic (exact) mass is 370 g/mol. The van der Waals surface area contributed by atoms with Gasteiger partial charge in [-0.05, 0) is 62.2 Å². The second kappa shape index (κ2) is 7.27. The van der Waals surface area contributed by atoms with Crippen LogP contribution in [-0.4, -0.2) is 20.4 Å². The lowest BCUT2D eigenvalue weighted by molar-refractivity contribution is -0.115. The molecule has 4 aromatic rings. The molecule has 0 aliphatic carbocycles. The molecular formula is C23H22N4O. The van der Waals surface area contributed by atoms with E-state index in [0.29, 0.717) is 6.42 Å². The lowest BCUT2D eigenvalue weighted by Gasteiger charge is -2.10. The predicted molar refractivity (Wildman–Crippen MR) is 112 cm³/mol. The molecule has 0 fully saturated rings. The van der Waals surface area contributed by atoms with Crippen LogP contribution in [0.5, 0.6) is 0 Å². The maximum Gasteiger partial charge on any atom is 0.228 e. The standard InChI is InChI=1S/C23H22N4O/c1-15-6-11-20(16(2)13-15)26-22(28)14-18-7-9-19(10-8-18)27-17(3)25-21-5-4-12-24-23(21)27/h4-13H,14H2,1-3H3,(H,26,28). The first-order chi connectivity index (χ1) is 13.5. The molecule has 1 amide bonds. The Bertz CT molecular complexity index is 1160. The summed E-state index contributed by atoms with van der Waals surface area (Å²) < 4.78 is 2.02. The molecule has 0 atom stereocenters. The molecule has 0 saturated carbocycles. The molecule has 140 valence electrons. The molecule has 2 heterocycles. The van der Waals surface area contributed by atoms with E-state index in [-0.39, 0.29) is 5.91 Å². The topological polar surface area (TPSA) is 59.8 Å². The van der Waals surface area contributed by atoms with Gasteiger partial charge in [-0.25, -0.2) is 9.97 Å². The number of imidazole rings is 1. The van der Waals surface area contributed by atoms with Crippen LogP contribution in [0.15, 0.2) is 60.8 Å². The fraction of sp³-hybridized carbons (Fsp3) is 0.174. The molecule has 5 heteroatoms. The number of amides is 1. The Labute approximate surface area is 164 Å². The van der Waals surface area contributed by atoms with Gasteiger partial charge < -0.3 is 5.32 Å². The molecule has 0 saturated heterocycles. The van der Waals surface area contributed by atoms with Crippen molar-refractivity contribution in [3.05, 3.63) is 83.3 Å². The molecule has 0 bridgehead atoms. The molecule has 0 spiro atoms. The fourth-order valence-corrected chi connectivity index (χ4v) is 3.43. The van der Waals surface area contributed by atoms with E-state index in [2.05, 4.69) is 21.4 Å². The van der Waals surface area contributed by atoms with Crippen molar-refractivity contribution >= 4 is 22.8 Å². The molecule has 2 aromatic heterocycles. The van der Waals surface area contributed by atoms with Gasteiger partial charge in [0.05, 0.1) is 6.42 Å². The number of aromatic nitrogens is 3. The fourth-order valence-electron chi connectivity index (χ4n) is 3.43. The zero-order chi connectivity index (χ0) is 19.7. The first-order valence-electron chi connectivity index (χ1n) is 9.28. The van der Waals surface area contributed by atoms with E-state index in [9.17, 15) is 4.79 Å². The Kier molecular flexibility index (Phi) is 4.65. The number of benzene rings is 2. The van der Waals surface area contributed by atoms with E-state index in [1.807, 2.05) is 73.9 Å². The summed E-state index contributed by atoms with van der Waals surface area (Å²) in [6.07, 6.45) is 2.10. The SMILES string of the molecule is Cc1ccc(NC(=O)Cc2ccc(-n3c(C)nc4cccnc43)cc2)c(C)c1. The van der Waals surface area contributed by atoms with Crippen molar-refractivity contribution in [1.82, 2.24) is 14.5 Å². The van der Waals surface area contributed by atoms with E-state index in [1.54, 1.807) is 6.20 Å². The third kappa shape index (κ3) is 3.51. The Hall–Kier alpha value is -3.47. The highest BCUT2D eigenvalue weighted by Gasteiger charge is 2.11. The second-order valence-corrected chi connectivity index (χ2v) is 7.05. The minimum absolute atomic E-state index is 0.0226. The number of hydrogen-bond acceptors (Lipinski definition) is 3. The minimum Gasteiger partial charge on any atom is -0.326 e. The van der Waals surface area contributed by atoms with Crippen molar-refractivity contribution in [1.29, 1.82) is 0 Å². The van der Waals surface area contributed by atoms with Crippen molar-refractivity contribution in [2.45, 2.75) is 27.2 Å². The number of carbonyl (C=O) groups is 1. The van der Waals surface area contributed by atoms with E-state index in [4.69, 9.17) is 0 Å². The number of carbonyl (C=O) groups excluding carboxylic acids is 1. The van der Waals surface area contributed by atoms with Crippen molar-refractivity contribution < 1.29 is 4.79 Å². The van der Waals surface area contributed by atoms with Gasteiger partial charge in [-0.1, -0.05) is 29.8 Å². The van der Waals surface area contributed by atoms with Crippen LogP contribution in [0.2, 0.25) is 0 Å². The second-order valence-electron chi connectivity index (χ2n) is 7.05. The highest BCUT2D eigenvalue weighted by molar-refractivity contribution is 5.93. The van der Waals surface area contributed by atoms with Crippen LogP contribution in [0.25, 0.3) is 16.9 Å². The maximum absolute atomic E-state index is 12.4. The Balaban J connectivity index is 1.51. The molecule has 28 heavy (non-hydrogen) atoms. The smallest absolute Gasteiger partial charge is 0.228 e.